The minimum Gasteiger partial charge on any atom is -0.323 e. The molecule has 0 radical (unpaired) electrons. The van der Waals surface area contributed by atoms with Crippen LogP contribution in [-0.2, 0) is 13.1 Å². The molecule has 0 unspecified atom stereocenters. The molecule has 94 valence electrons. The molecule has 1 aromatic carbocycles. The number of nitrogens with zero attached hydrogens (tertiary/aromatic N) is 1. The van der Waals surface area contributed by atoms with Gasteiger partial charge in [-0.25, -0.2) is 0 Å². The fraction of sp³-hybridized carbons (Fsp3) is 0.308. The van der Waals surface area contributed by atoms with Crippen LogP contribution in [0.2, 0.25) is 0 Å². The number of aromatic nitrogens is 2. The molecule has 1 aromatic heterocycles. The first kappa shape index (κ1) is 11.3. The Bertz CT molecular complexity index is 599. The maximum Gasteiger partial charge on any atom is 0.269 e. The fourth-order valence-electron chi connectivity index (χ4n) is 2.45. The van der Waals surface area contributed by atoms with Gasteiger partial charge >= 0.3 is 0 Å². The predicted molar refractivity (Wildman–Crippen MR) is 69.2 cm³/mol. The van der Waals surface area contributed by atoms with Crippen LogP contribution in [-0.4, -0.2) is 16.3 Å². The lowest BCUT2D eigenvalue weighted by Gasteiger charge is -2.20. The number of aromatic amines is 1. The van der Waals surface area contributed by atoms with Gasteiger partial charge in [-0.05, 0) is 5.56 Å². The van der Waals surface area contributed by atoms with E-state index in [1.807, 2.05) is 35.0 Å². The highest BCUT2D eigenvalue weighted by molar-refractivity contribution is 5.26. The molecule has 0 aliphatic carbocycles. The number of hydrogen-bond acceptors (Lipinski definition) is 3. The lowest BCUT2D eigenvalue weighted by Crippen LogP contribution is -2.35. The van der Waals surface area contributed by atoms with Crippen LogP contribution in [0.1, 0.15) is 22.9 Å². The van der Waals surface area contributed by atoms with Gasteiger partial charge in [0.15, 0.2) is 0 Å². The highest BCUT2D eigenvalue weighted by atomic mass is 16.1. The van der Waals surface area contributed by atoms with Gasteiger partial charge in [0, 0.05) is 19.1 Å². The molecule has 0 fully saturated rings. The normalized spacial score (nSPS) is 18.6. The number of nitrogens with one attached hydrogen (secondary N) is 2. The minimum absolute atomic E-state index is 0.0602. The average molecular weight is 244 g/mol. The van der Waals surface area contributed by atoms with Gasteiger partial charge in [0.2, 0.25) is 0 Å². The van der Waals surface area contributed by atoms with E-state index in [1.165, 1.54) is 0 Å². The number of benzene rings is 1. The van der Waals surface area contributed by atoms with Crippen LogP contribution in [0.4, 0.5) is 0 Å². The van der Waals surface area contributed by atoms with Gasteiger partial charge in [-0.1, -0.05) is 30.3 Å². The second-order valence-electron chi connectivity index (χ2n) is 4.61. The van der Waals surface area contributed by atoms with Gasteiger partial charge in [0.05, 0.1) is 17.8 Å². The molecule has 0 amide bonds. The third-order valence-electron chi connectivity index (χ3n) is 3.33. The molecule has 0 bridgehead atoms. The predicted octanol–water partition coefficient (Wildman–Crippen LogP) is 0.328. The molecule has 2 heterocycles. The molecule has 5 heteroatoms. The summed E-state index contributed by atoms with van der Waals surface area (Å²) in [6, 6.07) is 9.84. The maximum absolute atomic E-state index is 11.9. The van der Waals surface area contributed by atoms with Crippen molar-refractivity contribution in [2.45, 2.75) is 19.1 Å². The number of H-pyrrole nitrogens is 1. The maximum atomic E-state index is 11.9. The monoisotopic (exact) mass is 244 g/mol. The number of fused-ring (bicyclic) bond motifs is 1. The van der Waals surface area contributed by atoms with E-state index in [9.17, 15) is 4.79 Å². The zero-order chi connectivity index (χ0) is 12.5. The quantitative estimate of drug-likeness (QED) is 0.712. The Hall–Kier alpha value is -1.85. The fourth-order valence-corrected chi connectivity index (χ4v) is 2.45. The molecule has 18 heavy (non-hydrogen) atoms. The topological polar surface area (TPSA) is 75.8 Å². The van der Waals surface area contributed by atoms with Crippen LogP contribution in [0.15, 0.2) is 35.1 Å². The zero-order valence-corrected chi connectivity index (χ0v) is 10.0. The van der Waals surface area contributed by atoms with Gasteiger partial charge < -0.3 is 11.1 Å². The smallest absolute Gasteiger partial charge is 0.269 e. The van der Waals surface area contributed by atoms with E-state index < -0.39 is 0 Å². The Morgan fingerprint density at radius 1 is 1.33 bits per heavy atom. The standard InChI is InChI=1S/C13H16N4O/c14-10-6-15-7-11-12(10)13(18)16-17(11)8-9-4-2-1-3-5-9/h1-5,10,15H,6-8,14H2,(H,16,18)/t10-/m1/s1. The molecular weight excluding hydrogens is 228 g/mol. The minimum atomic E-state index is -0.213. The van der Waals surface area contributed by atoms with Crippen LogP contribution < -0.4 is 16.6 Å². The van der Waals surface area contributed by atoms with Crippen molar-refractivity contribution in [2.24, 2.45) is 5.73 Å². The first-order valence-electron chi connectivity index (χ1n) is 6.07. The molecule has 0 spiro atoms. The lowest BCUT2D eigenvalue weighted by atomic mass is 10.0. The molecule has 1 atom stereocenters. The summed E-state index contributed by atoms with van der Waals surface area (Å²) < 4.78 is 1.89. The van der Waals surface area contributed by atoms with Crippen molar-refractivity contribution >= 4 is 0 Å². The van der Waals surface area contributed by atoms with E-state index in [0.717, 1.165) is 16.8 Å². The summed E-state index contributed by atoms with van der Waals surface area (Å²) >= 11 is 0. The first-order chi connectivity index (χ1) is 8.75. The SMILES string of the molecule is N[C@@H]1CNCc2c1c(=O)[nH]n2Cc1ccccc1. The van der Waals surface area contributed by atoms with Crippen molar-refractivity contribution < 1.29 is 0 Å². The van der Waals surface area contributed by atoms with Crippen LogP contribution in [0.5, 0.6) is 0 Å². The third-order valence-corrected chi connectivity index (χ3v) is 3.33. The number of nitrogens with two attached hydrogens (primary N) is 1. The van der Waals surface area contributed by atoms with E-state index in [1.54, 1.807) is 0 Å². The van der Waals surface area contributed by atoms with E-state index in [2.05, 4.69) is 10.4 Å². The molecule has 0 saturated heterocycles. The van der Waals surface area contributed by atoms with Crippen molar-refractivity contribution in [1.82, 2.24) is 15.1 Å². The van der Waals surface area contributed by atoms with Crippen molar-refractivity contribution in [1.29, 1.82) is 0 Å². The summed E-state index contributed by atoms with van der Waals surface area (Å²) in [6.45, 7) is 2.01. The first-order valence-corrected chi connectivity index (χ1v) is 6.07. The number of rotatable bonds is 2. The Balaban J connectivity index is 1.99. The summed E-state index contributed by atoms with van der Waals surface area (Å²) in [4.78, 5) is 11.9. The van der Waals surface area contributed by atoms with Gasteiger partial charge in [0.25, 0.3) is 5.56 Å². The number of hydrogen-bond donors (Lipinski definition) is 3. The summed E-state index contributed by atoms with van der Waals surface area (Å²) in [6.07, 6.45) is 0. The van der Waals surface area contributed by atoms with E-state index >= 15 is 0 Å². The van der Waals surface area contributed by atoms with Crippen molar-refractivity contribution in [3.8, 4) is 0 Å². The highest BCUT2D eigenvalue weighted by Crippen LogP contribution is 2.16. The summed E-state index contributed by atoms with van der Waals surface area (Å²) in [5.41, 5.74) is 8.76. The average Bonchev–Trinajstić information content (AvgIpc) is 2.69. The highest BCUT2D eigenvalue weighted by Gasteiger charge is 2.24. The van der Waals surface area contributed by atoms with Crippen LogP contribution in [0, 0.1) is 0 Å². The molecule has 2 aromatic rings. The lowest BCUT2D eigenvalue weighted by molar-refractivity contribution is 0.520. The van der Waals surface area contributed by atoms with Crippen molar-refractivity contribution in [3.05, 3.63) is 57.5 Å². The van der Waals surface area contributed by atoms with Gasteiger partial charge in [-0.3, -0.25) is 14.6 Å². The second-order valence-corrected chi connectivity index (χ2v) is 4.61. The molecule has 1 aliphatic heterocycles. The van der Waals surface area contributed by atoms with Gasteiger partial charge in [-0.2, -0.15) is 0 Å². The molecule has 3 rings (SSSR count). The third kappa shape index (κ3) is 1.87. The van der Waals surface area contributed by atoms with Crippen molar-refractivity contribution in [3.63, 3.8) is 0 Å². The Morgan fingerprint density at radius 2 is 2.11 bits per heavy atom. The Labute approximate surface area is 105 Å². The van der Waals surface area contributed by atoms with Gasteiger partial charge in [-0.15, -0.1) is 0 Å². The summed E-state index contributed by atoms with van der Waals surface area (Å²) in [5.74, 6) is 0. The van der Waals surface area contributed by atoms with Crippen molar-refractivity contribution in [2.75, 3.05) is 6.54 Å². The summed E-state index contributed by atoms with van der Waals surface area (Å²) in [7, 11) is 0. The molecule has 5 nitrogen and oxygen atoms in total. The molecule has 0 saturated carbocycles. The largest absolute Gasteiger partial charge is 0.323 e. The van der Waals surface area contributed by atoms with E-state index in [4.69, 9.17) is 5.73 Å². The van der Waals surface area contributed by atoms with Crippen LogP contribution >= 0.6 is 0 Å². The Morgan fingerprint density at radius 3 is 2.89 bits per heavy atom. The molecular formula is C13H16N4O. The van der Waals surface area contributed by atoms with Gasteiger partial charge in [0.1, 0.15) is 0 Å². The van der Waals surface area contributed by atoms with Crippen LogP contribution in [0.25, 0.3) is 0 Å². The molecule has 1 aliphatic rings. The Kier molecular flexibility index (Phi) is 2.77. The van der Waals surface area contributed by atoms with E-state index in [0.29, 0.717) is 19.6 Å². The van der Waals surface area contributed by atoms with E-state index in [-0.39, 0.29) is 11.6 Å². The zero-order valence-electron chi connectivity index (χ0n) is 10.0. The second kappa shape index (κ2) is 4.44. The molecule has 4 N–H and O–H groups in total. The van der Waals surface area contributed by atoms with Crippen LogP contribution in [0.3, 0.4) is 0 Å². The summed E-state index contributed by atoms with van der Waals surface area (Å²) in [5, 5.41) is 6.10.